The van der Waals surface area contributed by atoms with Gasteiger partial charge in [-0.25, -0.2) is 8.42 Å². The number of nitrogens with zero attached hydrogens (tertiary/aromatic N) is 1. The number of halogens is 2. The second-order valence-corrected chi connectivity index (χ2v) is 9.76. The zero-order chi connectivity index (χ0) is 19.4. The van der Waals surface area contributed by atoms with Gasteiger partial charge in [0.2, 0.25) is 0 Å². The van der Waals surface area contributed by atoms with Crippen LogP contribution in [0.2, 0.25) is 10.0 Å². The van der Waals surface area contributed by atoms with E-state index in [1.54, 1.807) is 19.2 Å². The molecule has 1 saturated heterocycles. The van der Waals surface area contributed by atoms with Crippen molar-refractivity contribution in [3.63, 3.8) is 0 Å². The third kappa shape index (κ3) is 5.03. The van der Waals surface area contributed by atoms with Crippen molar-refractivity contribution in [3.8, 4) is 0 Å². The van der Waals surface area contributed by atoms with Gasteiger partial charge in [0.05, 0.1) is 20.8 Å². The van der Waals surface area contributed by atoms with Gasteiger partial charge in [0.1, 0.15) is 0 Å². The van der Waals surface area contributed by atoms with Gasteiger partial charge in [-0.15, -0.1) is 0 Å². The average Bonchev–Trinajstić information content (AvgIpc) is 2.60. The first-order valence-corrected chi connectivity index (χ1v) is 11.0. The van der Waals surface area contributed by atoms with Crippen molar-refractivity contribution in [2.45, 2.75) is 30.6 Å². The van der Waals surface area contributed by atoms with E-state index in [9.17, 15) is 8.42 Å². The molecule has 1 heterocycles. The largest absolute Gasteiger partial charge is 0.381 e. The zero-order valence-corrected chi connectivity index (χ0v) is 17.5. The molecule has 0 spiro atoms. The molecule has 0 saturated carbocycles. The third-order valence-electron chi connectivity index (χ3n) is 4.79. The molecular weight excluding hydrogens is 397 g/mol. The lowest BCUT2D eigenvalue weighted by Gasteiger charge is -2.36. The van der Waals surface area contributed by atoms with Gasteiger partial charge in [-0.05, 0) is 37.5 Å². The Morgan fingerprint density at radius 1 is 1.31 bits per heavy atom. The van der Waals surface area contributed by atoms with Crippen LogP contribution in [-0.2, 0) is 14.6 Å². The fourth-order valence-electron chi connectivity index (χ4n) is 2.93. The maximum absolute atomic E-state index is 12.3. The molecule has 1 aromatic carbocycles. The number of rotatable bonds is 5. The van der Waals surface area contributed by atoms with Crippen molar-refractivity contribution >= 4 is 39.0 Å². The van der Waals surface area contributed by atoms with Crippen molar-refractivity contribution in [2.24, 2.45) is 4.99 Å². The summed E-state index contributed by atoms with van der Waals surface area (Å²) in [5, 5.41) is 7.39. The highest BCUT2D eigenvalue weighted by atomic mass is 35.5. The highest BCUT2D eigenvalue weighted by Gasteiger charge is 2.42. The average molecular weight is 422 g/mol. The molecule has 26 heavy (non-hydrogen) atoms. The highest BCUT2D eigenvalue weighted by molar-refractivity contribution is 7.92. The van der Waals surface area contributed by atoms with Crippen LogP contribution in [0.1, 0.15) is 31.4 Å². The van der Waals surface area contributed by atoms with Gasteiger partial charge in [0.25, 0.3) is 0 Å². The molecule has 1 atom stereocenters. The Morgan fingerprint density at radius 2 is 1.96 bits per heavy atom. The van der Waals surface area contributed by atoms with Crippen molar-refractivity contribution in [1.29, 1.82) is 0 Å². The minimum atomic E-state index is -3.24. The Morgan fingerprint density at radius 3 is 2.50 bits per heavy atom. The van der Waals surface area contributed by atoms with Gasteiger partial charge in [-0.1, -0.05) is 29.3 Å². The normalized spacial score (nSPS) is 19.0. The van der Waals surface area contributed by atoms with Gasteiger partial charge in [-0.2, -0.15) is 0 Å². The Balaban J connectivity index is 2.05. The molecule has 2 N–H and O–H groups in total. The van der Waals surface area contributed by atoms with Crippen LogP contribution in [0.25, 0.3) is 0 Å². The second-order valence-electron chi connectivity index (χ2n) is 6.53. The lowest BCUT2D eigenvalue weighted by molar-refractivity contribution is 0.0756. The van der Waals surface area contributed by atoms with Crippen LogP contribution < -0.4 is 10.6 Å². The first-order chi connectivity index (χ1) is 12.2. The summed E-state index contributed by atoms with van der Waals surface area (Å²) < 4.78 is 29.2. The van der Waals surface area contributed by atoms with E-state index in [2.05, 4.69) is 15.6 Å². The maximum atomic E-state index is 12.3. The van der Waals surface area contributed by atoms with E-state index in [0.29, 0.717) is 42.1 Å². The number of hydrogen-bond acceptors (Lipinski definition) is 4. The summed E-state index contributed by atoms with van der Waals surface area (Å²) in [5.41, 5.74) is 0.950. The van der Waals surface area contributed by atoms with Crippen LogP contribution in [-0.4, -0.2) is 52.2 Å². The number of nitrogens with one attached hydrogen (secondary N) is 2. The van der Waals surface area contributed by atoms with Gasteiger partial charge in [-0.3, -0.25) is 4.99 Å². The van der Waals surface area contributed by atoms with Crippen LogP contribution in [0.5, 0.6) is 0 Å². The lowest BCUT2D eigenvalue weighted by Crippen LogP contribution is -2.53. The first kappa shape index (κ1) is 21.3. The third-order valence-corrected chi connectivity index (χ3v) is 7.65. The molecule has 6 nitrogen and oxygen atoms in total. The zero-order valence-electron chi connectivity index (χ0n) is 15.2. The molecule has 1 aromatic rings. The van der Waals surface area contributed by atoms with E-state index in [4.69, 9.17) is 27.9 Å². The van der Waals surface area contributed by atoms with Crippen LogP contribution in [0.3, 0.4) is 0 Å². The van der Waals surface area contributed by atoms with E-state index in [1.165, 1.54) is 6.26 Å². The quantitative estimate of drug-likeness (QED) is 0.564. The Labute approximate surface area is 165 Å². The smallest absolute Gasteiger partial charge is 0.191 e. The first-order valence-electron chi connectivity index (χ1n) is 8.38. The number of aliphatic imine (C=N–C) groups is 1. The summed E-state index contributed by atoms with van der Waals surface area (Å²) in [6.45, 7) is 3.14. The Bertz CT molecular complexity index is 763. The van der Waals surface area contributed by atoms with E-state index in [-0.39, 0.29) is 12.6 Å². The molecule has 2 rings (SSSR count). The number of guanidine groups is 1. The molecule has 1 fully saturated rings. The van der Waals surface area contributed by atoms with Crippen LogP contribution >= 0.6 is 23.2 Å². The number of sulfone groups is 1. The minimum Gasteiger partial charge on any atom is -0.381 e. The fraction of sp³-hybridized carbons (Fsp3) is 0.588. The molecule has 0 amide bonds. The predicted molar refractivity (Wildman–Crippen MR) is 107 cm³/mol. The van der Waals surface area contributed by atoms with Gasteiger partial charge in [0.15, 0.2) is 15.8 Å². The maximum Gasteiger partial charge on any atom is 0.191 e. The molecular formula is C17H25Cl2N3O3S. The van der Waals surface area contributed by atoms with Crippen LogP contribution in [0.4, 0.5) is 0 Å². The summed E-state index contributed by atoms with van der Waals surface area (Å²) in [6.07, 6.45) is 2.23. The monoisotopic (exact) mass is 421 g/mol. The van der Waals surface area contributed by atoms with Crippen molar-refractivity contribution in [3.05, 3.63) is 33.8 Å². The second kappa shape index (κ2) is 8.78. The molecule has 0 aromatic heterocycles. The van der Waals surface area contributed by atoms with Crippen molar-refractivity contribution < 1.29 is 13.2 Å². The molecule has 9 heteroatoms. The highest BCUT2D eigenvalue weighted by Crippen LogP contribution is 2.29. The minimum absolute atomic E-state index is 0.0835. The molecule has 1 aliphatic heterocycles. The molecule has 0 bridgehead atoms. The van der Waals surface area contributed by atoms with Gasteiger partial charge in [0, 0.05) is 33.1 Å². The van der Waals surface area contributed by atoms with Gasteiger partial charge >= 0.3 is 0 Å². The summed E-state index contributed by atoms with van der Waals surface area (Å²) in [5.74, 6) is 0.526. The van der Waals surface area contributed by atoms with E-state index < -0.39 is 14.6 Å². The summed E-state index contributed by atoms with van der Waals surface area (Å²) in [7, 11) is -1.59. The number of hydrogen-bond donors (Lipinski definition) is 2. The Kier molecular flexibility index (Phi) is 7.19. The lowest BCUT2D eigenvalue weighted by atomic mass is 9.99. The molecule has 0 radical (unpaired) electrons. The standard InChI is InChI=1S/C17H25Cl2N3O3S/c1-12(13-4-5-14(18)15(19)10-13)22-16(20-2)21-11-17(26(3,23)24)6-8-25-9-7-17/h4-5,10,12H,6-9,11H2,1-3H3,(H2,20,21,22). The number of ether oxygens (including phenoxy) is 1. The summed E-state index contributed by atoms with van der Waals surface area (Å²) in [4.78, 5) is 4.20. The molecule has 1 aliphatic rings. The van der Waals surface area contributed by atoms with Crippen molar-refractivity contribution in [2.75, 3.05) is 33.1 Å². The van der Waals surface area contributed by atoms with Gasteiger partial charge < -0.3 is 15.4 Å². The number of benzene rings is 1. The molecule has 1 unspecified atom stereocenters. The van der Waals surface area contributed by atoms with E-state index >= 15 is 0 Å². The Hall–Kier alpha value is -1.02. The van der Waals surface area contributed by atoms with Crippen LogP contribution in [0, 0.1) is 0 Å². The molecule has 146 valence electrons. The van der Waals surface area contributed by atoms with E-state index in [0.717, 1.165) is 5.56 Å². The topological polar surface area (TPSA) is 79.8 Å². The van der Waals surface area contributed by atoms with Crippen LogP contribution in [0.15, 0.2) is 23.2 Å². The fourth-order valence-corrected chi connectivity index (χ4v) is 4.48. The summed E-state index contributed by atoms with van der Waals surface area (Å²) >= 11 is 12.0. The van der Waals surface area contributed by atoms with E-state index in [1.807, 2.05) is 13.0 Å². The predicted octanol–water partition coefficient (Wildman–Crippen LogP) is 2.81. The SMILES string of the molecule is CN=C(NCC1(S(C)(=O)=O)CCOCC1)NC(C)c1ccc(Cl)c(Cl)c1. The van der Waals surface area contributed by atoms with Crippen molar-refractivity contribution in [1.82, 2.24) is 10.6 Å². The summed E-state index contributed by atoms with van der Waals surface area (Å²) in [6, 6.07) is 5.34. The molecule has 0 aliphatic carbocycles.